The summed E-state index contributed by atoms with van der Waals surface area (Å²) in [5, 5.41) is 13.6. The van der Waals surface area contributed by atoms with Gasteiger partial charge in [-0.1, -0.05) is 0 Å². The molecule has 2 saturated heterocycles. The SMILES string of the molecule is COc1cc2c(cc1OCCCCCOc1cc3c(cc1OC)C(=O)N1CC4(CC4)CC1CN3C(=O)O)NC[C@@H]1CC3(CC3)CN1C2=O. The summed E-state index contributed by atoms with van der Waals surface area (Å²) < 4.78 is 23.4. The molecule has 0 aromatic heterocycles. The highest BCUT2D eigenvalue weighted by molar-refractivity contribution is 6.05. The van der Waals surface area contributed by atoms with Gasteiger partial charge in [0.1, 0.15) is 0 Å². The number of benzene rings is 2. The third-order valence-corrected chi connectivity index (χ3v) is 11.5. The maximum absolute atomic E-state index is 13.6. The van der Waals surface area contributed by atoms with E-state index in [-0.39, 0.29) is 35.9 Å². The summed E-state index contributed by atoms with van der Waals surface area (Å²) in [7, 11) is 3.11. The van der Waals surface area contributed by atoms with Gasteiger partial charge >= 0.3 is 6.09 Å². The van der Waals surface area contributed by atoms with Crippen molar-refractivity contribution in [3.05, 3.63) is 35.4 Å². The molecule has 12 nitrogen and oxygen atoms in total. The second kappa shape index (κ2) is 11.7. The molecule has 48 heavy (non-hydrogen) atoms. The van der Waals surface area contributed by atoms with Crippen LogP contribution < -0.4 is 29.2 Å². The highest BCUT2D eigenvalue weighted by Gasteiger charge is 2.55. The average Bonchev–Trinajstić information content (AvgIpc) is 3.96. The van der Waals surface area contributed by atoms with Gasteiger partial charge in [-0.15, -0.1) is 0 Å². The van der Waals surface area contributed by atoms with Crippen LogP contribution in [0.4, 0.5) is 16.2 Å². The summed E-state index contributed by atoms with van der Waals surface area (Å²) in [6.45, 7) is 3.39. The maximum atomic E-state index is 13.6. The number of carbonyl (C=O) groups is 3. The first-order valence-electron chi connectivity index (χ1n) is 17.3. The summed E-state index contributed by atoms with van der Waals surface area (Å²) in [5.41, 5.74) is 2.61. The van der Waals surface area contributed by atoms with Crippen molar-refractivity contribution in [1.29, 1.82) is 0 Å². The van der Waals surface area contributed by atoms with E-state index in [0.29, 0.717) is 65.0 Å². The zero-order valence-electron chi connectivity index (χ0n) is 27.7. The Hall–Kier alpha value is -4.35. The van der Waals surface area contributed by atoms with E-state index in [2.05, 4.69) is 5.32 Å². The van der Waals surface area contributed by atoms with Gasteiger partial charge in [-0.25, -0.2) is 4.79 Å². The monoisotopic (exact) mass is 660 g/mol. The second-order valence-corrected chi connectivity index (χ2v) is 14.7. The minimum Gasteiger partial charge on any atom is -0.493 e. The van der Waals surface area contributed by atoms with E-state index >= 15 is 0 Å². The lowest BCUT2D eigenvalue weighted by atomic mass is 10.0. The van der Waals surface area contributed by atoms with Crippen molar-refractivity contribution in [1.82, 2.24) is 9.80 Å². The Morgan fingerprint density at radius 2 is 1.35 bits per heavy atom. The van der Waals surface area contributed by atoms with E-state index in [1.54, 1.807) is 25.3 Å². The number of amides is 3. The number of ether oxygens (including phenoxy) is 4. The molecule has 0 bridgehead atoms. The fourth-order valence-corrected chi connectivity index (χ4v) is 8.37. The van der Waals surface area contributed by atoms with Gasteiger partial charge in [-0.3, -0.25) is 14.5 Å². The Balaban J connectivity index is 0.868. The predicted molar refractivity (Wildman–Crippen MR) is 177 cm³/mol. The molecule has 12 heteroatoms. The van der Waals surface area contributed by atoms with Crippen LogP contribution in [0.5, 0.6) is 23.0 Å². The van der Waals surface area contributed by atoms with Gasteiger partial charge in [0.2, 0.25) is 0 Å². The first-order chi connectivity index (χ1) is 23.2. The van der Waals surface area contributed by atoms with E-state index in [1.165, 1.54) is 24.9 Å². The molecule has 4 fully saturated rings. The fraction of sp³-hybridized carbons (Fsp3) is 0.583. The van der Waals surface area contributed by atoms with Gasteiger partial charge < -0.3 is 39.2 Å². The van der Waals surface area contributed by atoms with Gasteiger partial charge in [-0.05, 0) is 80.8 Å². The van der Waals surface area contributed by atoms with E-state index in [1.807, 2.05) is 15.9 Å². The maximum Gasteiger partial charge on any atom is 0.411 e. The Bertz CT molecular complexity index is 1650. The lowest BCUT2D eigenvalue weighted by molar-refractivity contribution is 0.0735. The molecule has 3 amide bonds. The summed E-state index contributed by atoms with van der Waals surface area (Å²) >= 11 is 0. The summed E-state index contributed by atoms with van der Waals surface area (Å²) in [6.07, 6.45) is 7.80. The van der Waals surface area contributed by atoms with Gasteiger partial charge in [0.25, 0.3) is 11.8 Å². The number of nitrogens with zero attached hydrogens (tertiary/aromatic N) is 3. The lowest BCUT2D eigenvalue weighted by Gasteiger charge is -2.24. The van der Waals surface area contributed by atoms with Crippen molar-refractivity contribution in [2.75, 3.05) is 63.8 Å². The molecule has 2 aliphatic carbocycles. The topological polar surface area (TPSA) is 130 Å². The number of hydrogen-bond donors (Lipinski definition) is 2. The zero-order valence-corrected chi connectivity index (χ0v) is 27.7. The van der Waals surface area contributed by atoms with Gasteiger partial charge in [0.15, 0.2) is 23.0 Å². The fourth-order valence-electron chi connectivity index (χ4n) is 8.37. The van der Waals surface area contributed by atoms with Crippen molar-refractivity contribution in [2.24, 2.45) is 10.8 Å². The lowest BCUT2D eigenvalue weighted by Crippen LogP contribution is -2.41. The minimum atomic E-state index is -1.08. The molecule has 2 atom stereocenters. The number of rotatable bonds is 10. The third-order valence-electron chi connectivity index (χ3n) is 11.5. The van der Waals surface area contributed by atoms with Gasteiger partial charge in [-0.2, -0.15) is 0 Å². The molecular formula is C36H44N4O8. The Morgan fingerprint density at radius 3 is 1.96 bits per heavy atom. The first kappa shape index (κ1) is 31.0. The Morgan fingerprint density at radius 1 is 0.792 bits per heavy atom. The molecule has 4 heterocycles. The van der Waals surface area contributed by atoms with E-state index < -0.39 is 6.09 Å². The van der Waals surface area contributed by atoms with Crippen LogP contribution in [0.3, 0.4) is 0 Å². The van der Waals surface area contributed by atoms with E-state index in [9.17, 15) is 19.5 Å². The number of anilines is 2. The number of fused-ring (bicyclic) bond motifs is 4. The molecule has 2 spiro atoms. The molecule has 256 valence electrons. The molecule has 2 saturated carbocycles. The highest BCUT2D eigenvalue weighted by Crippen LogP contribution is 2.57. The normalized spacial score (nSPS) is 23.8. The van der Waals surface area contributed by atoms with Gasteiger partial charge in [0.05, 0.1) is 56.0 Å². The summed E-state index contributed by atoms with van der Waals surface area (Å²) in [4.78, 5) is 44.6. The number of carboxylic acid groups (broad SMARTS) is 1. The molecule has 6 aliphatic rings. The average molecular weight is 661 g/mol. The number of carbonyl (C=O) groups excluding carboxylic acids is 2. The van der Waals surface area contributed by atoms with Crippen LogP contribution in [-0.2, 0) is 0 Å². The van der Waals surface area contributed by atoms with Crippen molar-refractivity contribution in [3.8, 4) is 23.0 Å². The van der Waals surface area contributed by atoms with Gasteiger partial charge in [0, 0.05) is 44.4 Å². The first-order valence-corrected chi connectivity index (χ1v) is 17.3. The third kappa shape index (κ3) is 5.42. The van der Waals surface area contributed by atoms with Crippen molar-refractivity contribution in [2.45, 2.75) is 69.9 Å². The van der Waals surface area contributed by atoms with Crippen LogP contribution in [0.25, 0.3) is 0 Å². The number of unbranched alkanes of at least 4 members (excludes halogenated alkanes) is 2. The van der Waals surface area contributed by atoms with Crippen LogP contribution in [-0.4, -0.2) is 98.5 Å². The van der Waals surface area contributed by atoms with E-state index in [0.717, 1.165) is 63.7 Å². The second-order valence-electron chi connectivity index (χ2n) is 14.7. The number of methoxy groups -OCH3 is 2. The molecule has 2 N–H and O–H groups in total. The van der Waals surface area contributed by atoms with E-state index in [4.69, 9.17) is 18.9 Å². The largest absolute Gasteiger partial charge is 0.493 e. The van der Waals surface area contributed by atoms with Crippen molar-refractivity contribution < 1.29 is 38.4 Å². The van der Waals surface area contributed by atoms with Crippen LogP contribution in [0.1, 0.15) is 78.5 Å². The standard InChI is InChI=1S/C36H44N4O8/c1-45-28-12-24-26(37-18-22-16-35(6-7-35)20-39(22)32(24)41)14-30(28)47-10-4-3-5-11-48-31-15-27-25(13-29(31)46-2)33(42)40-21-36(8-9-36)17-23(40)19-38(27)34(43)44/h12-15,22-23,37H,3-11,16-21H2,1-2H3,(H,43,44)/t22-,23?/m0/s1. The summed E-state index contributed by atoms with van der Waals surface area (Å²) in [6, 6.07) is 7.04. The highest BCUT2D eigenvalue weighted by atomic mass is 16.5. The Labute approximate surface area is 280 Å². The molecule has 1 unspecified atom stereocenters. The van der Waals surface area contributed by atoms with Crippen LogP contribution in [0.15, 0.2) is 24.3 Å². The zero-order chi connectivity index (χ0) is 33.2. The van der Waals surface area contributed by atoms with Crippen molar-refractivity contribution >= 4 is 29.3 Å². The predicted octanol–water partition coefficient (Wildman–Crippen LogP) is 5.24. The quantitative estimate of drug-likeness (QED) is 0.329. The number of hydrogen-bond acceptors (Lipinski definition) is 8. The minimum absolute atomic E-state index is 0.0637. The van der Waals surface area contributed by atoms with Crippen LogP contribution in [0.2, 0.25) is 0 Å². The van der Waals surface area contributed by atoms with Crippen LogP contribution >= 0.6 is 0 Å². The molecule has 0 radical (unpaired) electrons. The molecule has 2 aromatic carbocycles. The van der Waals surface area contributed by atoms with Crippen LogP contribution in [0, 0.1) is 10.8 Å². The smallest absolute Gasteiger partial charge is 0.411 e. The number of nitrogens with one attached hydrogen (secondary N) is 1. The Kier molecular flexibility index (Phi) is 7.52. The summed E-state index contributed by atoms with van der Waals surface area (Å²) in [5.74, 6) is 1.89. The molecule has 4 aliphatic heterocycles. The molecular weight excluding hydrogens is 616 g/mol. The molecule has 2 aromatic rings. The molecule has 8 rings (SSSR count). The van der Waals surface area contributed by atoms with Crippen molar-refractivity contribution in [3.63, 3.8) is 0 Å².